The second kappa shape index (κ2) is 10.5. The molecule has 0 atom stereocenters. The number of aromatic nitrogens is 3. The van der Waals surface area contributed by atoms with Gasteiger partial charge in [0.1, 0.15) is 6.61 Å². The van der Waals surface area contributed by atoms with Gasteiger partial charge in [0, 0.05) is 23.4 Å². The maximum absolute atomic E-state index is 12.6. The second-order valence-corrected chi connectivity index (χ2v) is 8.11. The van der Waals surface area contributed by atoms with Crippen molar-refractivity contribution in [3.05, 3.63) is 77.9 Å². The van der Waals surface area contributed by atoms with Crippen molar-refractivity contribution < 1.29 is 23.7 Å². The van der Waals surface area contributed by atoms with Crippen LogP contribution in [-0.2, 0) is 4.74 Å². The van der Waals surface area contributed by atoms with Gasteiger partial charge in [0.05, 0.1) is 12.3 Å². The summed E-state index contributed by atoms with van der Waals surface area (Å²) in [5, 5.41) is 7.49. The van der Waals surface area contributed by atoms with Gasteiger partial charge in [-0.2, -0.15) is 4.98 Å². The Kier molecular flexibility index (Phi) is 6.81. The molecule has 0 aliphatic carbocycles. The third-order valence-corrected chi connectivity index (χ3v) is 5.56. The largest absolute Gasteiger partial charge is 0.460 e. The number of nitrogens with zero attached hydrogens (tertiary/aromatic N) is 3. The third-order valence-electron chi connectivity index (χ3n) is 5.56. The number of fused-ring (bicyclic) bond motifs is 1. The fourth-order valence-corrected chi connectivity index (χ4v) is 3.69. The van der Waals surface area contributed by atoms with Crippen LogP contribution in [0.5, 0.6) is 17.5 Å². The molecule has 0 radical (unpaired) electrons. The van der Waals surface area contributed by atoms with Gasteiger partial charge in [-0.05, 0) is 68.4 Å². The lowest BCUT2D eigenvalue weighted by molar-refractivity contribution is 0.102. The van der Waals surface area contributed by atoms with Gasteiger partial charge in [-0.25, -0.2) is 4.68 Å². The number of hydrogen-bond donors (Lipinski definition) is 1. The number of aryl methyl sites for hydroxylation is 1. The van der Waals surface area contributed by atoms with Crippen LogP contribution in [0.15, 0.2) is 66.7 Å². The van der Waals surface area contributed by atoms with Crippen LogP contribution in [0.3, 0.4) is 0 Å². The standard InChI is InChI=1S/C27H26N4O5/c1-3-33-14-15-34-27-29-25(20-8-13-23-24(16-20)36-17-35-23)31(30-27)22-11-9-21(10-12-22)28-26(32)19-6-4-18(2)5-7-19/h4-13,16H,3,14-15,17H2,1-2H3,(H,28,32). The van der Waals surface area contributed by atoms with Gasteiger partial charge >= 0.3 is 6.01 Å². The number of rotatable bonds is 9. The van der Waals surface area contributed by atoms with Crippen LogP contribution in [0.2, 0.25) is 0 Å². The molecule has 9 nitrogen and oxygen atoms in total. The summed E-state index contributed by atoms with van der Waals surface area (Å²) in [6, 6.07) is 20.6. The molecule has 36 heavy (non-hydrogen) atoms. The maximum atomic E-state index is 12.6. The SMILES string of the molecule is CCOCCOc1nc(-c2ccc3c(c2)OCO3)n(-c2ccc(NC(=O)c3ccc(C)cc3)cc2)n1. The van der Waals surface area contributed by atoms with Gasteiger partial charge in [0.25, 0.3) is 5.91 Å². The average molecular weight is 487 g/mol. The van der Waals surface area contributed by atoms with Crippen molar-refractivity contribution in [3.63, 3.8) is 0 Å². The summed E-state index contributed by atoms with van der Waals surface area (Å²) < 4.78 is 23.7. The first-order chi connectivity index (χ1) is 17.6. The normalized spacial score (nSPS) is 11.9. The van der Waals surface area contributed by atoms with E-state index in [0.717, 1.165) is 16.8 Å². The molecule has 1 N–H and O–H groups in total. The summed E-state index contributed by atoms with van der Waals surface area (Å²) in [6.07, 6.45) is 0. The molecule has 0 saturated carbocycles. The fourth-order valence-electron chi connectivity index (χ4n) is 3.69. The van der Waals surface area contributed by atoms with Gasteiger partial charge in [-0.1, -0.05) is 17.7 Å². The number of amides is 1. The fraction of sp³-hybridized carbons (Fsp3) is 0.222. The highest BCUT2D eigenvalue weighted by Crippen LogP contribution is 2.36. The number of ether oxygens (including phenoxy) is 4. The summed E-state index contributed by atoms with van der Waals surface area (Å²) in [7, 11) is 0. The lowest BCUT2D eigenvalue weighted by Gasteiger charge is -2.09. The first-order valence-corrected chi connectivity index (χ1v) is 11.7. The lowest BCUT2D eigenvalue weighted by Crippen LogP contribution is -2.11. The number of nitrogens with one attached hydrogen (secondary N) is 1. The van der Waals surface area contributed by atoms with E-state index in [1.807, 2.05) is 68.4 Å². The zero-order valence-corrected chi connectivity index (χ0v) is 20.1. The summed E-state index contributed by atoms with van der Waals surface area (Å²) in [5.74, 6) is 1.74. The monoisotopic (exact) mass is 486 g/mol. The Bertz CT molecular complexity index is 1350. The molecular weight excluding hydrogens is 460 g/mol. The summed E-state index contributed by atoms with van der Waals surface area (Å²) in [5.41, 5.74) is 3.91. The lowest BCUT2D eigenvalue weighted by atomic mass is 10.1. The van der Waals surface area contributed by atoms with E-state index in [-0.39, 0.29) is 18.7 Å². The van der Waals surface area contributed by atoms with Gasteiger partial charge < -0.3 is 24.3 Å². The Labute approximate surface area is 208 Å². The minimum atomic E-state index is -0.172. The van der Waals surface area contributed by atoms with E-state index in [9.17, 15) is 4.79 Å². The van der Waals surface area contributed by atoms with E-state index in [4.69, 9.17) is 18.9 Å². The number of benzene rings is 3. The number of anilines is 1. The van der Waals surface area contributed by atoms with E-state index in [2.05, 4.69) is 15.4 Å². The van der Waals surface area contributed by atoms with E-state index < -0.39 is 0 Å². The van der Waals surface area contributed by atoms with Crippen LogP contribution < -0.4 is 19.5 Å². The van der Waals surface area contributed by atoms with Crippen LogP contribution >= 0.6 is 0 Å². The van der Waals surface area contributed by atoms with E-state index in [1.54, 1.807) is 16.8 Å². The number of carbonyl (C=O) groups is 1. The summed E-state index contributed by atoms with van der Waals surface area (Å²) in [4.78, 5) is 17.2. The molecule has 184 valence electrons. The quantitative estimate of drug-likeness (QED) is 0.344. The van der Waals surface area contributed by atoms with E-state index in [1.165, 1.54) is 0 Å². The number of carbonyl (C=O) groups excluding carboxylic acids is 1. The molecular formula is C27H26N4O5. The van der Waals surface area contributed by atoms with Gasteiger partial charge in [-0.15, -0.1) is 5.10 Å². The van der Waals surface area contributed by atoms with E-state index >= 15 is 0 Å². The summed E-state index contributed by atoms with van der Waals surface area (Å²) in [6.45, 7) is 5.49. The second-order valence-electron chi connectivity index (χ2n) is 8.11. The first kappa shape index (κ1) is 23.4. The minimum Gasteiger partial charge on any atom is -0.460 e. The Hall–Kier alpha value is -4.37. The van der Waals surface area contributed by atoms with Crippen LogP contribution in [0.4, 0.5) is 5.69 Å². The molecule has 0 spiro atoms. The molecule has 3 aromatic carbocycles. The van der Waals surface area contributed by atoms with Gasteiger partial charge in [0.2, 0.25) is 6.79 Å². The molecule has 9 heteroatoms. The molecule has 1 aromatic heterocycles. The summed E-state index contributed by atoms with van der Waals surface area (Å²) >= 11 is 0. The molecule has 0 bridgehead atoms. The smallest absolute Gasteiger partial charge is 0.336 e. The van der Waals surface area contributed by atoms with Crippen molar-refractivity contribution >= 4 is 11.6 Å². The predicted molar refractivity (Wildman–Crippen MR) is 134 cm³/mol. The highest BCUT2D eigenvalue weighted by atomic mass is 16.7. The van der Waals surface area contributed by atoms with E-state index in [0.29, 0.717) is 48.4 Å². The highest BCUT2D eigenvalue weighted by molar-refractivity contribution is 6.04. The molecule has 4 aromatic rings. The van der Waals surface area contributed by atoms with Crippen molar-refractivity contribution in [1.82, 2.24) is 14.8 Å². The Morgan fingerprint density at radius 3 is 2.56 bits per heavy atom. The first-order valence-electron chi connectivity index (χ1n) is 11.7. The molecule has 1 aliphatic rings. The van der Waals surface area contributed by atoms with Crippen molar-refractivity contribution in [1.29, 1.82) is 0 Å². The number of hydrogen-bond acceptors (Lipinski definition) is 7. The highest BCUT2D eigenvalue weighted by Gasteiger charge is 2.19. The van der Waals surface area contributed by atoms with Gasteiger partial charge in [0.15, 0.2) is 17.3 Å². The van der Waals surface area contributed by atoms with Crippen molar-refractivity contribution in [2.45, 2.75) is 13.8 Å². The van der Waals surface area contributed by atoms with Crippen LogP contribution in [0.1, 0.15) is 22.8 Å². The minimum absolute atomic E-state index is 0.172. The Morgan fingerprint density at radius 2 is 1.78 bits per heavy atom. The zero-order chi connectivity index (χ0) is 24.9. The third kappa shape index (κ3) is 5.16. The van der Waals surface area contributed by atoms with Gasteiger partial charge in [-0.3, -0.25) is 4.79 Å². The van der Waals surface area contributed by atoms with Crippen molar-refractivity contribution in [3.8, 4) is 34.6 Å². The average Bonchev–Trinajstić information content (AvgIpc) is 3.54. The predicted octanol–water partition coefficient (Wildman–Crippen LogP) is 4.64. The maximum Gasteiger partial charge on any atom is 0.336 e. The molecule has 1 aliphatic heterocycles. The molecule has 5 rings (SSSR count). The molecule has 1 amide bonds. The molecule has 2 heterocycles. The Balaban J connectivity index is 1.40. The van der Waals surface area contributed by atoms with Crippen LogP contribution in [0, 0.1) is 6.92 Å². The Morgan fingerprint density at radius 1 is 1.00 bits per heavy atom. The molecule has 0 fully saturated rings. The van der Waals surface area contributed by atoms with Crippen molar-refractivity contribution in [2.75, 3.05) is 31.9 Å². The van der Waals surface area contributed by atoms with Crippen LogP contribution in [0.25, 0.3) is 17.1 Å². The molecule has 0 unspecified atom stereocenters. The topological polar surface area (TPSA) is 96.7 Å². The van der Waals surface area contributed by atoms with Crippen molar-refractivity contribution in [2.24, 2.45) is 0 Å². The van der Waals surface area contributed by atoms with Crippen LogP contribution in [-0.4, -0.2) is 47.3 Å². The molecule has 0 saturated heterocycles. The zero-order valence-electron chi connectivity index (χ0n) is 20.1.